The molecule has 0 radical (unpaired) electrons. The average Bonchev–Trinajstić information content (AvgIpc) is 3.49. The molecule has 1 fully saturated rings. The number of nitrogens with one attached hydrogen (secondary N) is 1. The highest BCUT2D eigenvalue weighted by Crippen LogP contribution is 2.31. The van der Waals surface area contributed by atoms with Crippen molar-refractivity contribution in [3.05, 3.63) is 57.5 Å². The zero-order valence-electron chi connectivity index (χ0n) is 16.1. The fourth-order valence-corrected chi connectivity index (χ4v) is 3.40. The molecule has 1 saturated carbocycles. The van der Waals surface area contributed by atoms with Crippen LogP contribution in [0.1, 0.15) is 46.0 Å². The summed E-state index contributed by atoms with van der Waals surface area (Å²) in [5, 5.41) is 12.7. The molecule has 2 aromatic heterocycles. The quantitative estimate of drug-likeness (QED) is 0.619. The first-order chi connectivity index (χ1) is 13.8. The van der Waals surface area contributed by atoms with Gasteiger partial charge in [-0.3, -0.25) is 14.2 Å². The number of rotatable bonds is 6. The Hall–Kier alpha value is -3.55. The number of ketones is 1. The zero-order chi connectivity index (χ0) is 20.7. The van der Waals surface area contributed by atoms with Crippen LogP contribution in [-0.2, 0) is 6.54 Å². The minimum absolute atomic E-state index is 0.181. The van der Waals surface area contributed by atoms with Gasteiger partial charge >= 0.3 is 5.97 Å². The number of Topliss-reactive ketones (excluding diaryl/α,β-unsaturated/α-hetero) is 1. The molecule has 1 aliphatic carbocycles. The summed E-state index contributed by atoms with van der Waals surface area (Å²) in [6.07, 6.45) is 3.73. The SMILES string of the molecule is CC(=O)c1c(C)c2cnc(Nc3ccc(C(=O)O)cc3)nc2n(CC2CC2)c1=O. The van der Waals surface area contributed by atoms with E-state index in [9.17, 15) is 14.4 Å². The van der Waals surface area contributed by atoms with E-state index in [4.69, 9.17) is 5.11 Å². The number of hydrogen-bond donors (Lipinski definition) is 2. The number of hydrogen-bond acceptors (Lipinski definition) is 6. The second-order valence-corrected chi connectivity index (χ2v) is 7.35. The molecule has 1 aromatic carbocycles. The van der Waals surface area contributed by atoms with Gasteiger partial charge in [-0.2, -0.15) is 4.98 Å². The van der Waals surface area contributed by atoms with Crippen LogP contribution in [0.2, 0.25) is 0 Å². The highest BCUT2D eigenvalue weighted by molar-refractivity contribution is 5.99. The molecule has 0 saturated heterocycles. The number of carboxylic acids is 1. The molecule has 0 atom stereocenters. The Balaban J connectivity index is 1.79. The lowest BCUT2D eigenvalue weighted by molar-refractivity contribution is 0.0696. The Morgan fingerprint density at radius 3 is 2.52 bits per heavy atom. The molecule has 2 N–H and O–H groups in total. The molecular weight excluding hydrogens is 372 g/mol. The highest BCUT2D eigenvalue weighted by Gasteiger charge is 2.26. The summed E-state index contributed by atoms with van der Waals surface area (Å²) in [5.41, 5.74) is 1.76. The maximum Gasteiger partial charge on any atom is 0.335 e. The Bertz CT molecular complexity index is 1190. The van der Waals surface area contributed by atoms with Crippen LogP contribution in [0.3, 0.4) is 0 Å². The predicted octanol–water partition coefficient (Wildman–Crippen LogP) is 3.15. The highest BCUT2D eigenvalue weighted by atomic mass is 16.4. The number of fused-ring (bicyclic) bond motifs is 1. The van der Waals surface area contributed by atoms with E-state index in [1.54, 1.807) is 29.8 Å². The second kappa shape index (κ2) is 7.12. The van der Waals surface area contributed by atoms with Crippen LogP contribution in [0.15, 0.2) is 35.3 Å². The Morgan fingerprint density at radius 2 is 1.93 bits per heavy atom. The molecule has 8 heteroatoms. The number of aryl methyl sites for hydroxylation is 1. The number of carbonyl (C=O) groups is 2. The first-order valence-corrected chi connectivity index (χ1v) is 9.36. The third-order valence-electron chi connectivity index (χ3n) is 5.14. The van der Waals surface area contributed by atoms with Gasteiger partial charge in [0.2, 0.25) is 5.95 Å². The van der Waals surface area contributed by atoms with Gasteiger partial charge in [-0.15, -0.1) is 0 Å². The smallest absolute Gasteiger partial charge is 0.335 e. The number of aromatic nitrogens is 3. The van der Waals surface area contributed by atoms with Crippen molar-refractivity contribution in [1.29, 1.82) is 0 Å². The predicted molar refractivity (Wildman–Crippen MR) is 108 cm³/mol. The number of carbonyl (C=O) groups excluding carboxylic acids is 1. The summed E-state index contributed by atoms with van der Waals surface area (Å²) in [5.74, 6) is -0.549. The van der Waals surface area contributed by atoms with Gasteiger partial charge in [0.1, 0.15) is 5.65 Å². The van der Waals surface area contributed by atoms with Crippen molar-refractivity contribution in [2.24, 2.45) is 5.92 Å². The summed E-state index contributed by atoms with van der Waals surface area (Å²) in [7, 11) is 0. The first kappa shape index (κ1) is 18.8. The maximum atomic E-state index is 13.0. The van der Waals surface area contributed by atoms with Crippen LogP contribution in [0.4, 0.5) is 11.6 Å². The van der Waals surface area contributed by atoms with Crippen molar-refractivity contribution >= 4 is 34.4 Å². The van der Waals surface area contributed by atoms with Gasteiger partial charge in [-0.1, -0.05) is 0 Å². The number of aromatic carboxylic acids is 1. The Labute approximate surface area is 166 Å². The van der Waals surface area contributed by atoms with E-state index in [1.807, 2.05) is 0 Å². The van der Waals surface area contributed by atoms with Crippen molar-refractivity contribution in [3.63, 3.8) is 0 Å². The lowest BCUT2D eigenvalue weighted by Crippen LogP contribution is -2.29. The van der Waals surface area contributed by atoms with Crippen molar-refractivity contribution in [3.8, 4) is 0 Å². The Morgan fingerprint density at radius 1 is 1.24 bits per heavy atom. The zero-order valence-corrected chi connectivity index (χ0v) is 16.1. The van der Waals surface area contributed by atoms with E-state index in [0.717, 1.165) is 12.8 Å². The van der Waals surface area contributed by atoms with E-state index in [2.05, 4.69) is 15.3 Å². The molecule has 0 bridgehead atoms. The average molecular weight is 392 g/mol. The first-order valence-electron chi connectivity index (χ1n) is 9.36. The number of anilines is 2. The van der Waals surface area contributed by atoms with Crippen LogP contribution in [0.5, 0.6) is 0 Å². The molecule has 1 aliphatic rings. The second-order valence-electron chi connectivity index (χ2n) is 7.35. The van der Waals surface area contributed by atoms with Gasteiger partial charge < -0.3 is 10.4 Å². The van der Waals surface area contributed by atoms with Crippen LogP contribution in [0.25, 0.3) is 11.0 Å². The molecule has 3 aromatic rings. The van der Waals surface area contributed by atoms with Crippen molar-refractivity contribution in [2.75, 3.05) is 5.32 Å². The summed E-state index contributed by atoms with van der Waals surface area (Å²) in [4.78, 5) is 44.9. The number of pyridine rings is 1. The molecule has 4 rings (SSSR count). The minimum atomic E-state index is -1.00. The molecule has 29 heavy (non-hydrogen) atoms. The van der Waals surface area contributed by atoms with Gasteiger partial charge in [0.15, 0.2) is 5.78 Å². The van der Waals surface area contributed by atoms with E-state index in [0.29, 0.717) is 40.7 Å². The van der Waals surface area contributed by atoms with Crippen LogP contribution >= 0.6 is 0 Å². The minimum Gasteiger partial charge on any atom is -0.478 e. The summed E-state index contributed by atoms with van der Waals surface area (Å²) in [6.45, 7) is 3.66. The topological polar surface area (TPSA) is 114 Å². The third kappa shape index (κ3) is 3.61. The standard InChI is InChI=1S/C21H20N4O4/c1-11-16-9-22-21(23-15-7-5-14(6-8-15)20(28)29)24-18(16)25(10-13-3-4-13)19(27)17(11)12(2)26/h5-9,13H,3-4,10H2,1-2H3,(H,28,29)(H,22,23,24). The number of benzene rings is 1. The van der Waals surface area contributed by atoms with Gasteiger partial charge in [0.05, 0.1) is 11.1 Å². The molecule has 148 valence electrons. The van der Waals surface area contributed by atoms with Crippen molar-refractivity contribution in [1.82, 2.24) is 14.5 Å². The summed E-state index contributed by atoms with van der Waals surface area (Å²) < 4.78 is 1.58. The van der Waals surface area contributed by atoms with E-state index >= 15 is 0 Å². The van der Waals surface area contributed by atoms with Crippen LogP contribution < -0.4 is 10.9 Å². The molecule has 0 aliphatic heterocycles. The summed E-state index contributed by atoms with van der Waals surface area (Å²) >= 11 is 0. The number of carboxylic acid groups (broad SMARTS) is 1. The fraction of sp³-hybridized carbons (Fsp3) is 0.286. The molecule has 0 spiro atoms. The number of nitrogens with zero attached hydrogens (tertiary/aromatic N) is 3. The van der Waals surface area contributed by atoms with E-state index in [1.165, 1.54) is 19.1 Å². The van der Waals surface area contributed by atoms with Gasteiger partial charge in [-0.05, 0) is 62.4 Å². The summed E-state index contributed by atoms with van der Waals surface area (Å²) in [6, 6.07) is 6.22. The van der Waals surface area contributed by atoms with E-state index < -0.39 is 5.97 Å². The van der Waals surface area contributed by atoms with Crippen molar-refractivity contribution < 1.29 is 14.7 Å². The fourth-order valence-electron chi connectivity index (χ4n) is 3.40. The lowest BCUT2D eigenvalue weighted by Gasteiger charge is -2.15. The third-order valence-corrected chi connectivity index (χ3v) is 5.14. The molecule has 8 nitrogen and oxygen atoms in total. The van der Waals surface area contributed by atoms with Gasteiger partial charge in [-0.25, -0.2) is 9.78 Å². The van der Waals surface area contributed by atoms with Crippen LogP contribution in [0, 0.1) is 12.8 Å². The largest absolute Gasteiger partial charge is 0.478 e. The molecule has 0 amide bonds. The monoisotopic (exact) mass is 392 g/mol. The van der Waals surface area contributed by atoms with Crippen LogP contribution in [-0.4, -0.2) is 31.4 Å². The van der Waals surface area contributed by atoms with E-state index in [-0.39, 0.29) is 22.5 Å². The van der Waals surface area contributed by atoms with Gasteiger partial charge in [0, 0.05) is 23.8 Å². The lowest BCUT2D eigenvalue weighted by atomic mass is 10.0. The van der Waals surface area contributed by atoms with Crippen molar-refractivity contribution in [2.45, 2.75) is 33.2 Å². The Kier molecular flexibility index (Phi) is 4.62. The maximum absolute atomic E-state index is 13.0. The molecular formula is C21H20N4O4. The molecule has 0 unspecified atom stereocenters. The van der Waals surface area contributed by atoms with Gasteiger partial charge in [0.25, 0.3) is 5.56 Å². The normalized spacial score (nSPS) is 13.4. The molecule has 2 heterocycles.